The van der Waals surface area contributed by atoms with Gasteiger partial charge in [-0.2, -0.15) is 0 Å². The quantitative estimate of drug-likeness (QED) is 0.442. The van der Waals surface area contributed by atoms with Crippen molar-refractivity contribution in [3.05, 3.63) is 83.9 Å². The van der Waals surface area contributed by atoms with Crippen molar-refractivity contribution in [1.82, 2.24) is 14.9 Å². The van der Waals surface area contributed by atoms with Gasteiger partial charge in [-0.3, -0.25) is 0 Å². The highest BCUT2D eigenvalue weighted by Crippen LogP contribution is 2.41. The minimum Gasteiger partial charge on any atom is -0.491 e. The van der Waals surface area contributed by atoms with Crippen LogP contribution in [0.2, 0.25) is 0 Å². The van der Waals surface area contributed by atoms with Crippen LogP contribution in [-0.4, -0.2) is 42.1 Å². The number of benzene rings is 3. The van der Waals surface area contributed by atoms with Gasteiger partial charge in [-0.25, -0.2) is 4.98 Å². The molecule has 1 N–H and O–H groups in total. The number of aromatic amines is 1. The van der Waals surface area contributed by atoms with Crippen LogP contribution < -0.4 is 4.74 Å². The first kappa shape index (κ1) is 18.6. The highest BCUT2D eigenvalue weighted by Gasteiger charge is 2.23. The van der Waals surface area contributed by atoms with Crippen LogP contribution in [0.5, 0.6) is 5.75 Å². The van der Waals surface area contributed by atoms with Crippen LogP contribution in [-0.2, 0) is 6.42 Å². The van der Waals surface area contributed by atoms with Crippen molar-refractivity contribution in [3.63, 3.8) is 0 Å². The van der Waals surface area contributed by atoms with Gasteiger partial charge in [0.15, 0.2) is 0 Å². The summed E-state index contributed by atoms with van der Waals surface area (Å²) in [5.41, 5.74) is 8.10. The zero-order valence-corrected chi connectivity index (χ0v) is 17.4. The highest BCUT2D eigenvalue weighted by molar-refractivity contribution is 5.86. The molecule has 0 radical (unpaired) electrons. The zero-order chi connectivity index (χ0) is 20.5. The molecular formula is C26H25N3O. The van der Waals surface area contributed by atoms with E-state index in [1.165, 1.54) is 22.3 Å². The molecule has 1 aromatic heterocycles. The lowest BCUT2D eigenvalue weighted by Crippen LogP contribution is -2.19. The van der Waals surface area contributed by atoms with Crippen molar-refractivity contribution in [1.29, 1.82) is 0 Å². The first-order chi connectivity index (χ1) is 14.7. The minimum atomic E-state index is 0.635. The summed E-state index contributed by atoms with van der Waals surface area (Å²) in [6.45, 7) is 1.50. The van der Waals surface area contributed by atoms with Crippen LogP contribution in [0.1, 0.15) is 11.1 Å². The maximum atomic E-state index is 6.10. The molecule has 1 aliphatic rings. The minimum absolute atomic E-state index is 0.635. The monoisotopic (exact) mass is 395 g/mol. The lowest BCUT2D eigenvalue weighted by atomic mass is 10.00. The third-order valence-electron chi connectivity index (χ3n) is 5.58. The number of nitrogens with zero attached hydrogens (tertiary/aromatic N) is 2. The number of fused-ring (bicyclic) bond motifs is 5. The molecule has 0 amide bonds. The summed E-state index contributed by atoms with van der Waals surface area (Å²) in [6.07, 6.45) is 0.913. The maximum absolute atomic E-state index is 6.10. The van der Waals surface area contributed by atoms with Crippen LogP contribution in [0.25, 0.3) is 33.9 Å². The average Bonchev–Trinajstić information content (AvgIpc) is 3.14. The predicted molar refractivity (Wildman–Crippen MR) is 122 cm³/mol. The molecule has 0 saturated heterocycles. The molecule has 1 heterocycles. The summed E-state index contributed by atoms with van der Waals surface area (Å²) in [5.74, 6) is 1.69. The Morgan fingerprint density at radius 1 is 0.833 bits per heavy atom. The van der Waals surface area contributed by atoms with Crippen LogP contribution in [0.3, 0.4) is 0 Å². The molecule has 150 valence electrons. The summed E-state index contributed by atoms with van der Waals surface area (Å²) in [5, 5.41) is 0. The van der Waals surface area contributed by atoms with E-state index in [9.17, 15) is 0 Å². The molecule has 0 saturated carbocycles. The summed E-state index contributed by atoms with van der Waals surface area (Å²) < 4.78 is 6.10. The van der Waals surface area contributed by atoms with Crippen molar-refractivity contribution in [2.45, 2.75) is 6.42 Å². The van der Waals surface area contributed by atoms with E-state index >= 15 is 0 Å². The van der Waals surface area contributed by atoms with Crippen LogP contribution in [0, 0.1) is 0 Å². The van der Waals surface area contributed by atoms with Gasteiger partial charge in [0, 0.05) is 17.7 Å². The van der Waals surface area contributed by atoms with E-state index in [1.54, 1.807) is 0 Å². The topological polar surface area (TPSA) is 41.1 Å². The highest BCUT2D eigenvalue weighted by atomic mass is 16.5. The molecule has 0 aliphatic heterocycles. The maximum Gasteiger partial charge on any atom is 0.142 e. The Labute approximate surface area is 177 Å². The standard InChI is InChI=1S/C26H25N3O/c1-29(2)15-16-30-23-14-8-7-13-22(23)26-27-24-20-11-5-3-9-18(20)17-19-10-4-6-12-21(19)25(24)28-26/h3-14H,15-17H2,1-2H3,(H,27,28). The van der Waals surface area contributed by atoms with E-state index in [0.717, 1.165) is 41.5 Å². The number of aromatic nitrogens is 2. The Morgan fingerprint density at radius 3 is 2.23 bits per heavy atom. The largest absolute Gasteiger partial charge is 0.491 e. The Hall–Kier alpha value is -3.37. The van der Waals surface area contributed by atoms with Gasteiger partial charge in [-0.05, 0) is 43.8 Å². The van der Waals surface area contributed by atoms with E-state index in [2.05, 4.69) is 64.5 Å². The fourth-order valence-electron chi connectivity index (χ4n) is 4.05. The first-order valence-electron chi connectivity index (χ1n) is 10.3. The number of imidazole rings is 1. The smallest absolute Gasteiger partial charge is 0.142 e. The van der Waals surface area contributed by atoms with Gasteiger partial charge >= 0.3 is 0 Å². The molecule has 3 aromatic carbocycles. The van der Waals surface area contributed by atoms with Crippen molar-refractivity contribution >= 4 is 0 Å². The summed E-state index contributed by atoms with van der Waals surface area (Å²) in [6, 6.07) is 25.3. The number of nitrogens with one attached hydrogen (secondary N) is 1. The van der Waals surface area contributed by atoms with Crippen molar-refractivity contribution < 1.29 is 4.74 Å². The molecule has 0 spiro atoms. The summed E-state index contributed by atoms with van der Waals surface area (Å²) in [7, 11) is 4.10. The molecule has 30 heavy (non-hydrogen) atoms. The Morgan fingerprint density at radius 2 is 1.47 bits per heavy atom. The zero-order valence-electron chi connectivity index (χ0n) is 17.4. The Bertz CT molecular complexity index is 1130. The lowest BCUT2D eigenvalue weighted by molar-refractivity contribution is 0.262. The van der Waals surface area contributed by atoms with E-state index in [0.29, 0.717) is 6.61 Å². The van der Waals surface area contributed by atoms with E-state index < -0.39 is 0 Å². The molecule has 4 heteroatoms. The number of para-hydroxylation sites is 1. The van der Waals surface area contributed by atoms with Gasteiger partial charge in [-0.1, -0.05) is 60.7 Å². The van der Waals surface area contributed by atoms with Gasteiger partial charge in [0.05, 0.1) is 17.0 Å². The number of hydrogen-bond acceptors (Lipinski definition) is 3. The molecule has 4 aromatic rings. The predicted octanol–water partition coefficient (Wildman–Crippen LogP) is 5.26. The fraction of sp³-hybridized carbons (Fsp3) is 0.192. The lowest BCUT2D eigenvalue weighted by Gasteiger charge is -2.13. The second-order valence-corrected chi connectivity index (χ2v) is 7.95. The molecule has 0 bridgehead atoms. The normalized spacial score (nSPS) is 12.1. The molecule has 0 fully saturated rings. The van der Waals surface area contributed by atoms with E-state index in [4.69, 9.17) is 9.72 Å². The Balaban J connectivity index is 1.63. The number of ether oxygens (including phenoxy) is 1. The van der Waals surface area contributed by atoms with Gasteiger partial charge in [0.2, 0.25) is 0 Å². The summed E-state index contributed by atoms with van der Waals surface area (Å²) in [4.78, 5) is 10.8. The molecule has 0 unspecified atom stereocenters. The SMILES string of the molecule is CN(C)CCOc1ccccc1-c1nc2c([nH]1)-c1ccccc1Cc1ccccc1-2. The second-order valence-electron chi connectivity index (χ2n) is 7.95. The number of likely N-dealkylation sites (N-methyl/N-ethyl adjacent to an activating group) is 1. The van der Waals surface area contributed by atoms with Gasteiger partial charge < -0.3 is 14.6 Å². The van der Waals surface area contributed by atoms with Crippen molar-refractivity contribution in [2.24, 2.45) is 0 Å². The van der Waals surface area contributed by atoms with Crippen LogP contribution in [0.4, 0.5) is 0 Å². The second kappa shape index (κ2) is 7.81. The first-order valence-corrected chi connectivity index (χ1v) is 10.3. The van der Waals surface area contributed by atoms with E-state index in [-0.39, 0.29) is 0 Å². The van der Waals surface area contributed by atoms with Crippen molar-refractivity contribution in [2.75, 3.05) is 27.2 Å². The van der Waals surface area contributed by atoms with Crippen LogP contribution >= 0.6 is 0 Å². The van der Waals surface area contributed by atoms with Crippen LogP contribution in [0.15, 0.2) is 72.8 Å². The molecule has 1 aliphatic carbocycles. The van der Waals surface area contributed by atoms with E-state index in [1.807, 2.05) is 32.3 Å². The van der Waals surface area contributed by atoms with Crippen molar-refractivity contribution in [3.8, 4) is 39.7 Å². The number of hydrogen-bond donors (Lipinski definition) is 1. The Kier molecular flexibility index (Phi) is 4.85. The average molecular weight is 396 g/mol. The molecule has 0 atom stereocenters. The third kappa shape index (κ3) is 3.40. The fourth-order valence-corrected chi connectivity index (χ4v) is 4.05. The third-order valence-corrected chi connectivity index (χ3v) is 5.58. The summed E-state index contributed by atoms with van der Waals surface area (Å²) >= 11 is 0. The molecular weight excluding hydrogens is 370 g/mol. The number of H-pyrrole nitrogens is 1. The number of rotatable bonds is 5. The van der Waals surface area contributed by atoms with Gasteiger partial charge in [-0.15, -0.1) is 0 Å². The van der Waals surface area contributed by atoms with Gasteiger partial charge in [0.1, 0.15) is 18.2 Å². The molecule has 4 nitrogen and oxygen atoms in total. The molecule has 5 rings (SSSR count). The van der Waals surface area contributed by atoms with Gasteiger partial charge in [0.25, 0.3) is 0 Å².